The standard InChI is InChI=1S/C16H11F2N3O2S/c1-2-5-24-16-20-14-13(15(23)21-16)10(7-12(22)19-14)9-6-8(17)3-4-11(9)18/h1,3-4,6,10H,5,7H2,(H2,19,20,21,22,23)/t10-/m0/s1. The number of thioether (sulfide) groups is 1. The zero-order chi connectivity index (χ0) is 17.3. The average molecular weight is 347 g/mol. The molecule has 1 atom stereocenters. The Bertz CT molecular complexity index is 921. The van der Waals surface area contributed by atoms with Crippen LogP contribution in [0.1, 0.15) is 23.5 Å². The SMILES string of the molecule is C#CCSc1nc2c(c(=O)[nH]1)[C@H](c1cc(F)ccc1F)CC(=O)N2. The fraction of sp³-hybridized carbons (Fsp3) is 0.188. The molecule has 122 valence electrons. The van der Waals surface area contributed by atoms with Crippen molar-refractivity contribution in [3.8, 4) is 12.3 Å². The number of nitrogens with one attached hydrogen (secondary N) is 2. The quantitative estimate of drug-likeness (QED) is 0.507. The Morgan fingerprint density at radius 2 is 2.17 bits per heavy atom. The van der Waals surface area contributed by atoms with Gasteiger partial charge in [-0.15, -0.1) is 6.42 Å². The average Bonchev–Trinajstić information content (AvgIpc) is 2.54. The van der Waals surface area contributed by atoms with Gasteiger partial charge in [-0.3, -0.25) is 9.59 Å². The number of carbonyl (C=O) groups excluding carboxylic acids is 1. The van der Waals surface area contributed by atoms with Gasteiger partial charge >= 0.3 is 0 Å². The Balaban J connectivity index is 2.13. The maximum Gasteiger partial charge on any atom is 0.257 e. The maximum absolute atomic E-state index is 14.1. The first-order chi connectivity index (χ1) is 11.5. The van der Waals surface area contributed by atoms with E-state index in [4.69, 9.17) is 6.42 Å². The van der Waals surface area contributed by atoms with Crippen molar-refractivity contribution >= 4 is 23.5 Å². The second-order valence-corrected chi connectivity index (χ2v) is 6.06. The van der Waals surface area contributed by atoms with Crippen LogP contribution in [0.5, 0.6) is 0 Å². The number of fused-ring (bicyclic) bond motifs is 1. The molecule has 2 heterocycles. The molecular weight excluding hydrogens is 336 g/mol. The minimum atomic E-state index is -0.910. The molecule has 1 aromatic heterocycles. The number of nitrogens with zero attached hydrogens (tertiary/aromatic N) is 1. The first-order valence-corrected chi connectivity index (χ1v) is 7.93. The molecule has 3 rings (SSSR count). The number of hydrogen-bond donors (Lipinski definition) is 2. The number of amides is 1. The third-order valence-electron chi connectivity index (χ3n) is 3.56. The van der Waals surface area contributed by atoms with Crippen LogP contribution in [0.15, 0.2) is 28.2 Å². The van der Waals surface area contributed by atoms with Gasteiger partial charge in [0.25, 0.3) is 5.56 Å². The Morgan fingerprint density at radius 1 is 1.38 bits per heavy atom. The molecular formula is C16H11F2N3O2S. The predicted molar refractivity (Wildman–Crippen MR) is 85.9 cm³/mol. The van der Waals surface area contributed by atoms with E-state index in [1.165, 1.54) is 0 Å². The Kier molecular flexibility index (Phi) is 4.36. The van der Waals surface area contributed by atoms with Gasteiger partial charge in [-0.2, -0.15) is 0 Å². The summed E-state index contributed by atoms with van der Waals surface area (Å²) < 4.78 is 27.6. The van der Waals surface area contributed by atoms with E-state index in [0.29, 0.717) is 0 Å². The number of carbonyl (C=O) groups is 1. The molecule has 0 radical (unpaired) electrons. The lowest BCUT2D eigenvalue weighted by Crippen LogP contribution is -2.31. The van der Waals surface area contributed by atoms with Gasteiger partial charge in [0.05, 0.1) is 11.3 Å². The van der Waals surface area contributed by atoms with Crippen LogP contribution in [0.3, 0.4) is 0 Å². The lowest BCUT2D eigenvalue weighted by Gasteiger charge is -2.24. The molecule has 0 bridgehead atoms. The molecule has 1 aromatic carbocycles. The lowest BCUT2D eigenvalue weighted by atomic mass is 9.86. The number of anilines is 1. The fourth-order valence-electron chi connectivity index (χ4n) is 2.58. The number of H-pyrrole nitrogens is 1. The van der Waals surface area contributed by atoms with Crippen molar-refractivity contribution in [3.05, 3.63) is 51.3 Å². The number of terminal acetylenes is 1. The number of rotatable bonds is 3. The van der Waals surface area contributed by atoms with E-state index in [0.717, 1.165) is 30.0 Å². The summed E-state index contributed by atoms with van der Waals surface area (Å²) in [5.41, 5.74) is -0.472. The van der Waals surface area contributed by atoms with E-state index < -0.39 is 29.0 Å². The summed E-state index contributed by atoms with van der Waals surface area (Å²) in [6.45, 7) is 0. The van der Waals surface area contributed by atoms with E-state index in [1.807, 2.05) is 0 Å². The largest absolute Gasteiger partial charge is 0.310 e. The van der Waals surface area contributed by atoms with E-state index in [9.17, 15) is 18.4 Å². The summed E-state index contributed by atoms with van der Waals surface area (Å²) in [5.74, 6) is 0.0543. The van der Waals surface area contributed by atoms with Crippen molar-refractivity contribution < 1.29 is 13.6 Å². The van der Waals surface area contributed by atoms with Crippen molar-refractivity contribution in [2.75, 3.05) is 11.1 Å². The second-order valence-electron chi connectivity index (χ2n) is 5.10. The molecule has 0 spiro atoms. The molecule has 2 aromatic rings. The molecule has 8 heteroatoms. The smallest absolute Gasteiger partial charge is 0.257 e. The van der Waals surface area contributed by atoms with Crippen molar-refractivity contribution in [2.45, 2.75) is 17.5 Å². The lowest BCUT2D eigenvalue weighted by molar-refractivity contribution is -0.116. The van der Waals surface area contributed by atoms with Crippen LogP contribution >= 0.6 is 11.8 Å². The van der Waals surface area contributed by atoms with E-state index in [2.05, 4.69) is 21.2 Å². The molecule has 0 saturated heterocycles. The van der Waals surface area contributed by atoms with Crippen LogP contribution in [-0.2, 0) is 4.79 Å². The first-order valence-electron chi connectivity index (χ1n) is 6.95. The molecule has 1 aliphatic rings. The monoisotopic (exact) mass is 347 g/mol. The van der Waals surface area contributed by atoms with Gasteiger partial charge in [-0.05, 0) is 23.8 Å². The van der Waals surface area contributed by atoms with E-state index in [1.54, 1.807) is 0 Å². The number of aromatic nitrogens is 2. The topological polar surface area (TPSA) is 74.8 Å². The van der Waals surface area contributed by atoms with Gasteiger partial charge in [0, 0.05) is 12.3 Å². The van der Waals surface area contributed by atoms with Crippen molar-refractivity contribution in [1.29, 1.82) is 0 Å². The van der Waals surface area contributed by atoms with Gasteiger partial charge < -0.3 is 10.3 Å². The van der Waals surface area contributed by atoms with Crippen LogP contribution in [0.4, 0.5) is 14.6 Å². The van der Waals surface area contributed by atoms with E-state index in [-0.39, 0.29) is 34.3 Å². The molecule has 0 unspecified atom stereocenters. The molecule has 1 aliphatic heterocycles. The summed E-state index contributed by atoms with van der Waals surface area (Å²) >= 11 is 1.12. The molecule has 1 amide bonds. The minimum Gasteiger partial charge on any atom is -0.310 e. The summed E-state index contributed by atoms with van der Waals surface area (Å²) in [7, 11) is 0. The molecule has 2 N–H and O–H groups in total. The van der Waals surface area contributed by atoms with Gasteiger partial charge in [-0.25, -0.2) is 13.8 Å². The van der Waals surface area contributed by atoms with Crippen molar-refractivity contribution in [3.63, 3.8) is 0 Å². The van der Waals surface area contributed by atoms with Crippen LogP contribution in [0.25, 0.3) is 0 Å². The highest BCUT2D eigenvalue weighted by molar-refractivity contribution is 7.99. The first kappa shape index (κ1) is 16.2. The molecule has 0 saturated carbocycles. The molecule has 0 fully saturated rings. The van der Waals surface area contributed by atoms with Gasteiger partial charge in [0.1, 0.15) is 17.5 Å². The highest BCUT2D eigenvalue weighted by Gasteiger charge is 2.32. The number of halogens is 2. The zero-order valence-corrected chi connectivity index (χ0v) is 13.0. The van der Waals surface area contributed by atoms with Crippen LogP contribution in [-0.4, -0.2) is 21.6 Å². The van der Waals surface area contributed by atoms with Crippen LogP contribution < -0.4 is 10.9 Å². The summed E-state index contributed by atoms with van der Waals surface area (Å²) in [6.07, 6.45) is 4.99. The number of aromatic amines is 1. The molecule has 5 nitrogen and oxygen atoms in total. The fourth-order valence-corrected chi connectivity index (χ4v) is 3.12. The number of hydrogen-bond acceptors (Lipinski definition) is 4. The summed E-state index contributed by atoms with van der Waals surface area (Å²) in [4.78, 5) is 31.0. The number of benzene rings is 1. The Morgan fingerprint density at radius 3 is 2.92 bits per heavy atom. The van der Waals surface area contributed by atoms with Crippen LogP contribution in [0, 0.1) is 24.0 Å². The van der Waals surface area contributed by atoms with Gasteiger partial charge in [-0.1, -0.05) is 17.7 Å². The Hall–Kier alpha value is -2.66. The van der Waals surface area contributed by atoms with Crippen molar-refractivity contribution in [2.24, 2.45) is 0 Å². The summed E-state index contributed by atoms with van der Waals surface area (Å²) in [6, 6.07) is 2.93. The highest BCUT2D eigenvalue weighted by atomic mass is 32.2. The zero-order valence-electron chi connectivity index (χ0n) is 12.2. The summed E-state index contributed by atoms with van der Waals surface area (Å²) in [5, 5.41) is 2.75. The minimum absolute atomic E-state index is 0.0446. The highest BCUT2D eigenvalue weighted by Crippen LogP contribution is 2.35. The molecule has 0 aliphatic carbocycles. The van der Waals surface area contributed by atoms with Crippen LogP contribution in [0.2, 0.25) is 0 Å². The predicted octanol–water partition coefficient (Wildman–Crippen LogP) is 2.25. The Labute approximate surface area is 139 Å². The third kappa shape index (κ3) is 3.03. The molecule has 24 heavy (non-hydrogen) atoms. The maximum atomic E-state index is 14.1. The van der Waals surface area contributed by atoms with E-state index >= 15 is 0 Å². The normalized spacial score (nSPS) is 16.2. The van der Waals surface area contributed by atoms with Crippen molar-refractivity contribution in [1.82, 2.24) is 9.97 Å². The van der Waals surface area contributed by atoms with Gasteiger partial charge in [0.15, 0.2) is 5.16 Å². The second kappa shape index (κ2) is 6.45. The third-order valence-corrected chi connectivity index (χ3v) is 4.33. The van der Waals surface area contributed by atoms with Gasteiger partial charge in [0.2, 0.25) is 5.91 Å².